The molecule has 1 aromatic rings. The number of halogens is 2. The first-order valence-corrected chi connectivity index (χ1v) is 6.21. The van der Waals surface area contributed by atoms with Gasteiger partial charge in [0.25, 0.3) is 0 Å². The molecular weight excluding hydrogens is 275 g/mol. The molecule has 0 saturated carbocycles. The van der Waals surface area contributed by atoms with Crippen molar-refractivity contribution in [1.82, 2.24) is 5.32 Å². The number of nitrogens with one attached hydrogen (secondary N) is 1. The van der Waals surface area contributed by atoms with E-state index in [0.29, 0.717) is 10.0 Å². The topological polar surface area (TPSA) is 64.3 Å². The first-order valence-electron chi connectivity index (χ1n) is 5.45. The Labute approximate surface area is 116 Å². The lowest BCUT2D eigenvalue weighted by molar-refractivity contribution is -0.124. The van der Waals surface area contributed by atoms with E-state index in [4.69, 9.17) is 33.7 Å². The van der Waals surface area contributed by atoms with Crippen molar-refractivity contribution in [3.8, 4) is 0 Å². The average molecular weight is 291 g/mol. The average Bonchev–Trinajstić information content (AvgIpc) is 2.32. The lowest BCUT2D eigenvalue weighted by Gasteiger charge is -2.17. The van der Waals surface area contributed by atoms with E-state index in [9.17, 15) is 4.79 Å². The van der Waals surface area contributed by atoms with Crippen LogP contribution in [0.3, 0.4) is 0 Å². The summed E-state index contributed by atoms with van der Waals surface area (Å²) in [5, 5.41) is 3.72. The number of nitrogens with two attached hydrogens (primary N) is 1. The van der Waals surface area contributed by atoms with E-state index in [1.54, 1.807) is 18.2 Å². The summed E-state index contributed by atoms with van der Waals surface area (Å²) in [5.41, 5.74) is 6.49. The molecule has 0 aromatic heterocycles. The Kier molecular flexibility index (Phi) is 5.88. The second kappa shape index (κ2) is 6.95. The fourth-order valence-corrected chi connectivity index (χ4v) is 1.75. The van der Waals surface area contributed by atoms with Gasteiger partial charge >= 0.3 is 0 Å². The van der Waals surface area contributed by atoms with Crippen molar-refractivity contribution < 1.29 is 9.53 Å². The summed E-state index contributed by atoms with van der Waals surface area (Å²) in [6, 6.07) is 4.34. The summed E-state index contributed by atoms with van der Waals surface area (Å²) in [7, 11) is 1.50. The number of carbonyl (C=O) groups is 1. The lowest BCUT2D eigenvalue weighted by Crippen LogP contribution is -2.44. The standard InChI is InChI=1S/C12H16Cl2N2O2/c1-7(16-12(17)11(15)6-18-2)8-3-4-9(13)10(14)5-8/h3-5,7,11H,6,15H2,1-2H3,(H,16,17). The maximum absolute atomic E-state index is 11.7. The highest BCUT2D eigenvalue weighted by molar-refractivity contribution is 6.42. The first-order chi connectivity index (χ1) is 8.45. The fourth-order valence-electron chi connectivity index (χ4n) is 1.44. The molecule has 100 valence electrons. The molecule has 4 nitrogen and oxygen atoms in total. The summed E-state index contributed by atoms with van der Waals surface area (Å²) in [6.07, 6.45) is 0. The molecule has 0 fully saturated rings. The molecule has 3 N–H and O–H groups in total. The summed E-state index contributed by atoms with van der Waals surface area (Å²) in [6.45, 7) is 2.02. The number of amides is 1. The first kappa shape index (κ1) is 15.2. The Hall–Kier alpha value is -0.810. The van der Waals surface area contributed by atoms with Crippen LogP contribution in [-0.4, -0.2) is 25.7 Å². The van der Waals surface area contributed by atoms with Crippen LogP contribution in [0, 0.1) is 0 Å². The van der Waals surface area contributed by atoms with Gasteiger partial charge in [0.15, 0.2) is 0 Å². The van der Waals surface area contributed by atoms with Crippen LogP contribution in [0.25, 0.3) is 0 Å². The Morgan fingerprint density at radius 3 is 2.67 bits per heavy atom. The Morgan fingerprint density at radius 1 is 1.44 bits per heavy atom. The third-order valence-corrected chi connectivity index (χ3v) is 3.22. The van der Waals surface area contributed by atoms with E-state index in [0.717, 1.165) is 5.56 Å². The Morgan fingerprint density at radius 2 is 2.11 bits per heavy atom. The minimum atomic E-state index is -0.680. The van der Waals surface area contributed by atoms with Crippen LogP contribution in [0.2, 0.25) is 10.0 Å². The van der Waals surface area contributed by atoms with Gasteiger partial charge in [-0.1, -0.05) is 29.3 Å². The van der Waals surface area contributed by atoms with Crippen molar-refractivity contribution in [3.63, 3.8) is 0 Å². The number of hydrogen-bond donors (Lipinski definition) is 2. The molecule has 2 atom stereocenters. The fraction of sp³-hybridized carbons (Fsp3) is 0.417. The van der Waals surface area contributed by atoms with E-state index in [-0.39, 0.29) is 18.6 Å². The number of rotatable bonds is 5. The SMILES string of the molecule is COCC(N)C(=O)NC(C)c1ccc(Cl)c(Cl)c1. The molecule has 0 spiro atoms. The third-order valence-electron chi connectivity index (χ3n) is 2.49. The van der Waals surface area contributed by atoms with Crippen molar-refractivity contribution in [3.05, 3.63) is 33.8 Å². The molecular formula is C12H16Cl2N2O2. The monoisotopic (exact) mass is 290 g/mol. The number of methoxy groups -OCH3 is 1. The summed E-state index contributed by atoms with van der Waals surface area (Å²) in [4.78, 5) is 11.7. The van der Waals surface area contributed by atoms with Crippen molar-refractivity contribution in [2.24, 2.45) is 5.73 Å². The van der Waals surface area contributed by atoms with Crippen LogP contribution < -0.4 is 11.1 Å². The van der Waals surface area contributed by atoms with E-state index in [2.05, 4.69) is 5.32 Å². The van der Waals surface area contributed by atoms with Gasteiger partial charge in [-0.2, -0.15) is 0 Å². The molecule has 1 amide bonds. The minimum Gasteiger partial charge on any atom is -0.383 e. The van der Waals surface area contributed by atoms with Crippen LogP contribution in [0.15, 0.2) is 18.2 Å². The van der Waals surface area contributed by atoms with Crippen LogP contribution >= 0.6 is 23.2 Å². The molecule has 0 heterocycles. The predicted molar refractivity (Wildman–Crippen MR) is 72.9 cm³/mol. The molecule has 0 aliphatic rings. The minimum absolute atomic E-state index is 0.180. The molecule has 6 heteroatoms. The number of benzene rings is 1. The van der Waals surface area contributed by atoms with Gasteiger partial charge in [0.05, 0.1) is 22.7 Å². The van der Waals surface area contributed by atoms with Gasteiger partial charge in [0.2, 0.25) is 5.91 Å². The number of ether oxygens (including phenoxy) is 1. The van der Waals surface area contributed by atoms with Gasteiger partial charge in [0, 0.05) is 7.11 Å². The largest absolute Gasteiger partial charge is 0.383 e. The molecule has 1 rings (SSSR count). The van der Waals surface area contributed by atoms with Crippen molar-refractivity contribution in [2.45, 2.75) is 19.0 Å². The Bertz CT molecular complexity index is 427. The van der Waals surface area contributed by atoms with Gasteiger partial charge in [0.1, 0.15) is 6.04 Å². The normalized spacial score (nSPS) is 14.1. The lowest BCUT2D eigenvalue weighted by atomic mass is 10.1. The van der Waals surface area contributed by atoms with Gasteiger partial charge in [-0.3, -0.25) is 4.79 Å². The summed E-state index contributed by atoms with van der Waals surface area (Å²) < 4.78 is 4.82. The molecule has 0 saturated heterocycles. The van der Waals surface area contributed by atoms with E-state index < -0.39 is 6.04 Å². The predicted octanol–water partition coefficient (Wildman–Crippen LogP) is 2.14. The van der Waals surface area contributed by atoms with Crippen LogP contribution in [0.4, 0.5) is 0 Å². The molecule has 0 radical (unpaired) electrons. The molecule has 0 aliphatic carbocycles. The van der Waals surface area contributed by atoms with Crippen molar-refractivity contribution in [2.75, 3.05) is 13.7 Å². The quantitative estimate of drug-likeness (QED) is 0.873. The Balaban J connectivity index is 2.67. The van der Waals surface area contributed by atoms with Gasteiger partial charge < -0.3 is 15.8 Å². The van der Waals surface area contributed by atoms with E-state index >= 15 is 0 Å². The van der Waals surface area contributed by atoms with Gasteiger partial charge in [-0.05, 0) is 24.6 Å². The molecule has 1 aromatic carbocycles. The number of carbonyl (C=O) groups excluding carboxylic acids is 1. The second-order valence-corrected chi connectivity index (χ2v) is 4.78. The summed E-state index contributed by atoms with van der Waals surface area (Å²) >= 11 is 11.7. The molecule has 0 bridgehead atoms. The van der Waals surface area contributed by atoms with Crippen molar-refractivity contribution in [1.29, 1.82) is 0 Å². The molecule has 18 heavy (non-hydrogen) atoms. The smallest absolute Gasteiger partial charge is 0.239 e. The number of hydrogen-bond acceptors (Lipinski definition) is 3. The van der Waals surface area contributed by atoms with Crippen molar-refractivity contribution >= 4 is 29.1 Å². The molecule has 2 unspecified atom stereocenters. The van der Waals surface area contributed by atoms with Gasteiger partial charge in [-0.25, -0.2) is 0 Å². The van der Waals surface area contributed by atoms with Gasteiger partial charge in [-0.15, -0.1) is 0 Å². The zero-order valence-corrected chi connectivity index (χ0v) is 11.8. The van der Waals surface area contributed by atoms with Crippen LogP contribution in [0.1, 0.15) is 18.5 Å². The zero-order chi connectivity index (χ0) is 13.7. The molecule has 0 aliphatic heterocycles. The zero-order valence-electron chi connectivity index (χ0n) is 10.2. The highest BCUT2D eigenvalue weighted by Gasteiger charge is 2.16. The maximum atomic E-state index is 11.7. The maximum Gasteiger partial charge on any atom is 0.239 e. The van der Waals surface area contributed by atoms with E-state index in [1.807, 2.05) is 6.92 Å². The van der Waals surface area contributed by atoms with Crippen LogP contribution in [0.5, 0.6) is 0 Å². The van der Waals surface area contributed by atoms with E-state index in [1.165, 1.54) is 7.11 Å². The highest BCUT2D eigenvalue weighted by Crippen LogP contribution is 2.25. The third kappa shape index (κ3) is 4.14. The summed E-state index contributed by atoms with van der Waals surface area (Å²) in [5.74, 6) is -0.268. The second-order valence-electron chi connectivity index (χ2n) is 3.97. The van der Waals surface area contributed by atoms with Crippen LogP contribution in [-0.2, 0) is 9.53 Å². The highest BCUT2D eigenvalue weighted by atomic mass is 35.5.